The van der Waals surface area contributed by atoms with Crippen molar-refractivity contribution in [3.8, 4) is 6.07 Å². The van der Waals surface area contributed by atoms with Crippen molar-refractivity contribution in [1.29, 1.82) is 5.26 Å². The molecular formula is C16H20N2O2. The first-order valence-corrected chi connectivity index (χ1v) is 7.08. The molecule has 1 heterocycles. The Morgan fingerprint density at radius 1 is 1.35 bits per heavy atom. The number of hydrogen-bond donors (Lipinski definition) is 1. The van der Waals surface area contributed by atoms with Gasteiger partial charge in [-0.05, 0) is 30.7 Å². The fourth-order valence-corrected chi connectivity index (χ4v) is 2.37. The lowest BCUT2D eigenvalue weighted by molar-refractivity contribution is -0.123. The summed E-state index contributed by atoms with van der Waals surface area (Å²) < 4.78 is 5.29. The molecule has 1 fully saturated rings. The molecule has 1 saturated heterocycles. The Balaban J connectivity index is 1.81. The minimum absolute atomic E-state index is 0.164. The number of amides is 1. The molecular weight excluding hydrogens is 252 g/mol. The Labute approximate surface area is 119 Å². The third-order valence-electron chi connectivity index (χ3n) is 3.66. The molecule has 106 valence electrons. The van der Waals surface area contributed by atoms with Crippen molar-refractivity contribution in [3.05, 3.63) is 35.9 Å². The lowest BCUT2D eigenvalue weighted by atomic mass is 9.98. The molecule has 1 atom stereocenters. The van der Waals surface area contributed by atoms with Crippen LogP contribution in [0.1, 0.15) is 18.4 Å². The summed E-state index contributed by atoms with van der Waals surface area (Å²) in [5, 5.41) is 12.1. The van der Waals surface area contributed by atoms with Crippen molar-refractivity contribution in [1.82, 2.24) is 5.32 Å². The summed E-state index contributed by atoms with van der Waals surface area (Å²) in [5.41, 5.74) is 1.01. The topological polar surface area (TPSA) is 62.1 Å². The van der Waals surface area contributed by atoms with Gasteiger partial charge >= 0.3 is 0 Å². The molecule has 2 rings (SSSR count). The molecule has 20 heavy (non-hydrogen) atoms. The highest BCUT2D eigenvalue weighted by molar-refractivity contribution is 5.81. The lowest BCUT2D eigenvalue weighted by Crippen LogP contribution is -2.36. The van der Waals surface area contributed by atoms with Crippen molar-refractivity contribution in [3.63, 3.8) is 0 Å². The van der Waals surface area contributed by atoms with Gasteiger partial charge in [0.1, 0.15) is 5.92 Å². The number of benzene rings is 1. The van der Waals surface area contributed by atoms with Gasteiger partial charge in [0, 0.05) is 19.8 Å². The van der Waals surface area contributed by atoms with Gasteiger partial charge in [-0.2, -0.15) is 5.26 Å². The van der Waals surface area contributed by atoms with E-state index in [1.807, 2.05) is 30.3 Å². The molecule has 0 saturated carbocycles. The average molecular weight is 272 g/mol. The van der Waals surface area contributed by atoms with Crippen LogP contribution in [0.3, 0.4) is 0 Å². The Hall–Kier alpha value is -1.86. The van der Waals surface area contributed by atoms with Crippen molar-refractivity contribution < 1.29 is 9.53 Å². The van der Waals surface area contributed by atoms with Gasteiger partial charge in [0.2, 0.25) is 5.91 Å². The number of carbonyl (C=O) groups excluding carboxylic acids is 1. The second kappa shape index (κ2) is 7.66. The normalized spacial score (nSPS) is 17.1. The molecule has 4 nitrogen and oxygen atoms in total. The van der Waals surface area contributed by atoms with Crippen LogP contribution < -0.4 is 5.32 Å². The number of hydrogen-bond acceptors (Lipinski definition) is 3. The number of carbonyl (C=O) groups is 1. The first kappa shape index (κ1) is 14.5. The number of rotatable bonds is 5. The minimum atomic E-state index is -0.614. The second-order valence-corrected chi connectivity index (χ2v) is 5.17. The van der Waals surface area contributed by atoms with Crippen molar-refractivity contribution in [2.24, 2.45) is 11.8 Å². The molecule has 1 aromatic carbocycles. The average Bonchev–Trinajstić information content (AvgIpc) is 2.52. The maximum Gasteiger partial charge on any atom is 0.237 e. The molecule has 1 aromatic rings. The second-order valence-electron chi connectivity index (χ2n) is 5.17. The van der Waals surface area contributed by atoms with Gasteiger partial charge in [-0.25, -0.2) is 0 Å². The Morgan fingerprint density at radius 3 is 2.70 bits per heavy atom. The van der Waals surface area contributed by atoms with E-state index in [0.717, 1.165) is 31.6 Å². The smallest absolute Gasteiger partial charge is 0.237 e. The Kier molecular flexibility index (Phi) is 5.57. The highest BCUT2D eigenvalue weighted by Gasteiger charge is 2.20. The van der Waals surface area contributed by atoms with E-state index < -0.39 is 5.92 Å². The first-order chi connectivity index (χ1) is 9.79. The summed E-state index contributed by atoms with van der Waals surface area (Å²) in [6.07, 6.45) is 2.43. The van der Waals surface area contributed by atoms with Gasteiger partial charge in [-0.3, -0.25) is 4.79 Å². The van der Waals surface area contributed by atoms with Crippen LogP contribution in [0.5, 0.6) is 0 Å². The highest BCUT2D eigenvalue weighted by atomic mass is 16.5. The van der Waals surface area contributed by atoms with E-state index in [4.69, 9.17) is 10.00 Å². The summed E-state index contributed by atoms with van der Waals surface area (Å²) in [4.78, 5) is 12.1. The maximum atomic E-state index is 12.1. The Morgan fingerprint density at radius 2 is 2.05 bits per heavy atom. The van der Waals surface area contributed by atoms with E-state index in [1.54, 1.807) is 0 Å². The quantitative estimate of drug-likeness (QED) is 0.890. The molecule has 0 aromatic heterocycles. The zero-order valence-electron chi connectivity index (χ0n) is 11.5. The van der Waals surface area contributed by atoms with Crippen LogP contribution in [0.25, 0.3) is 0 Å². The molecule has 1 aliphatic rings. The molecule has 0 bridgehead atoms. The van der Waals surface area contributed by atoms with E-state index in [9.17, 15) is 4.79 Å². The third-order valence-corrected chi connectivity index (χ3v) is 3.66. The van der Waals surface area contributed by atoms with Crippen LogP contribution in [0.15, 0.2) is 30.3 Å². The van der Waals surface area contributed by atoms with Gasteiger partial charge in [-0.15, -0.1) is 0 Å². The van der Waals surface area contributed by atoms with Crippen LogP contribution in [0.2, 0.25) is 0 Å². The van der Waals surface area contributed by atoms with Crippen molar-refractivity contribution in [2.45, 2.75) is 19.3 Å². The van der Waals surface area contributed by atoms with Crippen LogP contribution in [0.4, 0.5) is 0 Å². The number of nitrogens with zero attached hydrogens (tertiary/aromatic N) is 1. The molecule has 1 unspecified atom stereocenters. The van der Waals surface area contributed by atoms with Crippen LogP contribution >= 0.6 is 0 Å². The summed E-state index contributed by atoms with van der Waals surface area (Å²) >= 11 is 0. The summed E-state index contributed by atoms with van der Waals surface area (Å²) in [5.74, 6) is -0.302. The standard InChI is InChI=1S/C16H20N2O2/c17-11-15(10-13-4-2-1-3-5-13)16(19)18-12-14-6-8-20-9-7-14/h1-5,14-15H,6-10,12H2,(H,18,19). The SMILES string of the molecule is N#CC(Cc1ccccc1)C(=O)NCC1CCOCC1. The number of ether oxygens (including phenoxy) is 1. The highest BCUT2D eigenvalue weighted by Crippen LogP contribution is 2.14. The van der Waals surface area contributed by atoms with E-state index >= 15 is 0 Å². The van der Waals surface area contributed by atoms with Crippen molar-refractivity contribution >= 4 is 5.91 Å². The van der Waals surface area contributed by atoms with Gasteiger partial charge in [-0.1, -0.05) is 30.3 Å². The molecule has 1 aliphatic heterocycles. The molecule has 0 aliphatic carbocycles. The molecule has 1 amide bonds. The third kappa shape index (κ3) is 4.36. The van der Waals surface area contributed by atoms with Crippen LogP contribution in [-0.2, 0) is 16.0 Å². The number of nitriles is 1. The number of nitrogens with one attached hydrogen (secondary N) is 1. The Bertz CT molecular complexity index is 461. The summed E-state index contributed by atoms with van der Waals surface area (Å²) in [7, 11) is 0. The molecule has 1 N–H and O–H groups in total. The van der Waals surface area contributed by atoms with E-state index in [2.05, 4.69) is 11.4 Å². The monoisotopic (exact) mass is 272 g/mol. The fourth-order valence-electron chi connectivity index (χ4n) is 2.37. The van der Waals surface area contributed by atoms with Crippen LogP contribution in [0, 0.1) is 23.2 Å². The molecule has 4 heteroatoms. The first-order valence-electron chi connectivity index (χ1n) is 7.08. The lowest BCUT2D eigenvalue weighted by Gasteiger charge is -2.22. The van der Waals surface area contributed by atoms with E-state index in [0.29, 0.717) is 18.9 Å². The van der Waals surface area contributed by atoms with E-state index in [1.165, 1.54) is 0 Å². The summed E-state index contributed by atoms with van der Waals surface area (Å²) in [6.45, 7) is 2.19. The predicted molar refractivity (Wildman–Crippen MR) is 75.8 cm³/mol. The maximum absolute atomic E-state index is 12.1. The van der Waals surface area contributed by atoms with Crippen LogP contribution in [-0.4, -0.2) is 25.7 Å². The molecule has 0 radical (unpaired) electrons. The minimum Gasteiger partial charge on any atom is -0.381 e. The van der Waals surface area contributed by atoms with Gasteiger partial charge in [0.05, 0.1) is 6.07 Å². The summed E-state index contributed by atoms with van der Waals surface area (Å²) in [6, 6.07) is 11.7. The van der Waals surface area contributed by atoms with Crippen molar-refractivity contribution in [2.75, 3.05) is 19.8 Å². The van der Waals surface area contributed by atoms with E-state index in [-0.39, 0.29) is 5.91 Å². The molecule has 0 spiro atoms. The zero-order valence-corrected chi connectivity index (χ0v) is 11.5. The van der Waals surface area contributed by atoms with Gasteiger partial charge < -0.3 is 10.1 Å². The fraction of sp³-hybridized carbons (Fsp3) is 0.500. The van der Waals surface area contributed by atoms with Gasteiger partial charge in [0.25, 0.3) is 0 Å². The largest absolute Gasteiger partial charge is 0.381 e. The van der Waals surface area contributed by atoms with Gasteiger partial charge in [0.15, 0.2) is 0 Å². The predicted octanol–water partition coefficient (Wildman–Crippen LogP) is 1.91. The zero-order chi connectivity index (χ0) is 14.2.